The summed E-state index contributed by atoms with van der Waals surface area (Å²) < 4.78 is 0. The Bertz CT molecular complexity index is 638. The molecule has 1 amide bonds. The van der Waals surface area contributed by atoms with Crippen molar-refractivity contribution < 1.29 is 4.79 Å². The second kappa shape index (κ2) is 4.67. The van der Waals surface area contributed by atoms with Crippen molar-refractivity contribution >= 4 is 11.6 Å². The molecule has 102 valence electrons. The highest BCUT2D eigenvalue weighted by Gasteiger charge is 2.41. The Labute approximate surface area is 119 Å². The number of hydrogen-bond acceptors (Lipinski definition) is 2. The maximum Gasteiger partial charge on any atom is 0.258 e. The summed E-state index contributed by atoms with van der Waals surface area (Å²) in [5, 5.41) is 3.53. The topological polar surface area (TPSA) is 32.3 Å². The minimum Gasteiger partial charge on any atom is -0.358 e. The van der Waals surface area contributed by atoms with E-state index < -0.39 is 5.66 Å². The van der Waals surface area contributed by atoms with Gasteiger partial charge in [-0.3, -0.25) is 4.79 Å². The summed E-state index contributed by atoms with van der Waals surface area (Å²) in [5.41, 5.74) is 2.21. The van der Waals surface area contributed by atoms with E-state index in [-0.39, 0.29) is 5.91 Å². The lowest BCUT2D eigenvalue weighted by atomic mass is 9.94. The lowest BCUT2D eigenvalue weighted by molar-refractivity contribution is 0.0553. The van der Waals surface area contributed by atoms with Gasteiger partial charge in [0, 0.05) is 12.2 Å². The minimum atomic E-state index is -0.512. The molecule has 2 aromatic carbocycles. The number of nitrogens with one attached hydrogen (secondary N) is 1. The summed E-state index contributed by atoms with van der Waals surface area (Å²) in [4.78, 5) is 14.6. The largest absolute Gasteiger partial charge is 0.358 e. The van der Waals surface area contributed by atoms with Crippen LogP contribution < -0.4 is 5.32 Å². The summed E-state index contributed by atoms with van der Waals surface area (Å²) in [5.74, 6) is 0.0770. The van der Waals surface area contributed by atoms with Gasteiger partial charge in [-0.2, -0.15) is 0 Å². The van der Waals surface area contributed by atoms with Crippen molar-refractivity contribution in [3.05, 3.63) is 65.7 Å². The van der Waals surface area contributed by atoms with E-state index >= 15 is 0 Å². The molecule has 0 bridgehead atoms. The van der Waals surface area contributed by atoms with Crippen LogP contribution in [0.5, 0.6) is 0 Å². The molecule has 3 nitrogen and oxygen atoms in total. The number of nitrogens with zero attached hydrogens (tertiary/aromatic N) is 1. The van der Waals surface area contributed by atoms with Crippen molar-refractivity contribution in [1.29, 1.82) is 0 Å². The first-order valence-corrected chi connectivity index (χ1v) is 6.91. The fraction of sp³-hybridized carbons (Fsp3) is 0.235. The molecule has 0 aliphatic carbocycles. The van der Waals surface area contributed by atoms with Gasteiger partial charge in [-0.1, -0.05) is 42.5 Å². The highest BCUT2D eigenvalue weighted by Crippen LogP contribution is 2.37. The lowest BCUT2D eigenvalue weighted by Crippen LogP contribution is -2.55. The third-order valence-electron chi connectivity index (χ3n) is 3.97. The third kappa shape index (κ3) is 1.78. The summed E-state index contributed by atoms with van der Waals surface area (Å²) in [6.07, 6.45) is 0. The van der Waals surface area contributed by atoms with Gasteiger partial charge in [-0.15, -0.1) is 0 Å². The monoisotopic (exact) mass is 266 g/mol. The van der Waals surface area contributed by atoms with E-state index in [9.17, 15) is 4.79 Å². The van der Waals surface area contributed by atoms with Crippen molar-refractivity contribution in [1.82, 2.24) is 4.90 Å². The number of benzene rings is 2. The van der Waals surface area contributed by atoms with Crippen molar-refractivity contribution in [2.45, 2.75) is 19.5 Å². The van der Waals surface area contributed by atoms with Gasteiger partial charge in [0.1, 0.15) is 5.66 Å². The van der Waals surface area contributed by atoms with Gasteiger partial charge in [0.25, 0.3) is 5.91 Å². The third-order valence-corrected chi connectivity index (χ3v) is 3.97. The standard InChI is InChI=1S/C17H18N2O/c1-3-19-16(20)14-11-7-8-12-15(14)18-17(19,2)13-9-5-4-6-10-13/h4-12,18H,3H2,1-2H3. The van der Waals surface area contributed by atoms with Crippen LogP contribution in [0, 0.1) is 0 Å². The van der Waals surface area contributed by atoms with Crippen LogP contribution in [0.1, 0.15) is 29.8 Å². The molecular weight excluding hydrogens is 248 g/mol. The van der Waals surface area contributed by atoms with Crippen molar-refractivity contribution in [3.8, 4) is 0 Å². The van der Waals surface area contributed by atoms with E-state index in [1.165, 1.54) is 0 Å². The molecule has 1 N–H and O–H groups in total. The van der Waals surface area contributed by atoms with Crippen LogP contribution in [0.3, 0.4) is 0 Å². The second-order valence-electron chi connectivity index (χ2n) is 5.16. The Morgan fingerprint density at radius 1 is 1.05 bits per heavy atom. The molecule has 2 aromatic rings. The number of carbonyl (C=O) groups is 1. The molecule has 0 aromatic heterocycles. The molecule has 0 radical (unpaired) electrons. The molecule has 20 heavy (non-hydrogen) atoms. The van der Waals surface area contributed by atoms with Gasteiger partial charge in [0.05, 0.1) is 5.56 Å². The highest BCUT2D eigenvalue weighted by atomic mass is 16.2. The van der Waals surface area contributed by atoms with Gasteiger partial charge in [0.2, 0.25) is 0 Å². The molecule has 1 aliphatic heterocycles. The SMILES string of the molecule is CCN1C(=O)c2ccccc2NC1(C)c1ccccc1. The molecule has 1 atom stereocenters. The van der Waals surface area contributed by atoms with Crippen LogP contribution in [-0.2, 0) is 5.66 Å². The molecular formula is C17H18N2O. The number of fused-ring (bicyclic) bond motifs is 1. The minimum absolute atomic E-state index is 0.0770. The first-order valence-electron chi connectivity index (χ1n) is 6.91. The van der Waals surface area contributed by atoms with E-state index in [0.717, 1.165) is 16.8 Å². The van der Waals surface area contributed by atoms with Crippen molar-refractivity contribution in [2.75, 3.05) is 11.9 Å². The number of amides is 1. The van der Waals surface area contributed by atoms with E-state index in [1.54, 1.807) is 0 Å². The molecule has 1 unspecified atom stereocenters. The number of rotatable bonds is 2. The van der Waals surface area contributed by atoms with Gasteiger partial charge in [0.15, 0.2) is 0 Å². The predicted octanol–water partition coefficient (Wildman–Crippen LogP) is 3.45. The zero-order valence-corrected chi connectivity index (χ0v) is 11.8. The molecule has 0 fully saturated rings. The summed E-state index contributed by atoms with van der Waals surface area (Å²) >= 11 is 0. The van der Waals surface area contributed by atoms with Gasteiger partial charge in [-0.25, -0.2) is 0 Å². The van der Waals surface area contributed by atoms with Crippen LogP contribution in [0.2, 0.25) is 0 Å². The molecule has 1 heterocycles. The fourth-order valence-electron chi connectivity index (χ4n) is 2.91. The predicted molar refractivity (Wildman–Crippen MR) is 80.6 cm³/mol. The smallest absolute Gasteiger partial charge is 0.258 e. The molecule has 0 saturated heterocycles. The maximum absolute atomic E-state index is 12.7. The molecule has 0 saturated carbocycles. The van der Waals surface area contributed by atoms with E-state index in [1.807, 2.05) is 54.3 Å². The van der Waals surface area contributed by atoms with Crippen LogP contribution >= 0.6 is 0 Å². The summed E-state index contributed by atoms with van der Waals surface area (Å²) in [7, 11) is 0. The van der Waals surface area contributed by atoms with Crippen LogP contribution in [-0.4, -0.2) is 17.4 Å². The number of anilines is 1. The lowest BCUT2D eigenvalue weighted by Gasteiger charge is -2.46. The van der Waals surface area contributed by atoms with Gasteiger partial charge >= 0.3 is 0 Å². The second-order valence-corrected chi connectivity index (χ2v) is 5.16. The summed E-state index contributed by atoms with van der Waals surface area (Å²) in [6, 6.07) is 17.8. The normalized spacial score (nSPS) is 21.3. The molecule has 1 aliphatic rings. The van der Waals surface area contributed by atoms with E-state index in [2.05, 4.69) is 24.4 Å². The Morgan fingerprint density at radius 2 is 1.70 bits per heavy atom. The van der Waals surface area contributed by atoms with Crippen molar-refractivity contribution in [2.24, 2.45) is 0 Å². The van der Waals surface area contributed by atoms with Crippen LogP contribution in [0.15, 0.2) is 54.6 Å². The maximum atomic E-state index is 12.7. The van der Waals surface area contributed by atoms with Gasteiger partial charge < -0.3 is 10.2 Å². The zero-order valence-electron chi connectivity index (χ0n) is 11.8. The molecule has 3 heteroatoms. The first kappa shape index (κ1) is 12.7. The highest BCUT2D eigenvalue weighted by molar-refractivity contribution is 6.02. The van der Waals surface area contributed by atoms with E-state index in [4.69, 9.17) is 0 Å². The van der Waals surface area contributed by atoms with Crippen LogP contribution in [0.4, 0.5) is 5.69 Å². The molecule has 0 spiro atoms. The Hall–Kier alpha value is -2.29. The number of carbonyl (C=O) groups excluding carboxylic acids is 1. The fourth-order valence-corrected chi connectivity index (χ4v) is 2.91. The number of para-hydroxylation sites is 1. The summed E-state index contributed by atoms with van der Waals surface area (Å²) in [6.45, 7) is 4.72. The first-order chi connectivity index (χ1) is 9.66. The number of hydrogen-bond donors (Lipinski definition) is 1. The Kier molecular flexibility index (Phi) is 2.97. The molecule has 3 rings (SSSR count). The zero-order chi connectivity index (χ0) is 14.2. The van der Waals surface area contributed by atoms with E-state index in [0.29, 0.717) is 6.54 Å². The quantitative estimate of drug-likeness (QED) is 0.903. The Morgan fingerprint density at radius 3 is 2.40 bits per heavy atom. The average molecular weight is 266 g/mol. The Balaban J connectivity index is 2.15. The van der Waals surface area contributed by atoms with Crippen molar-refractivity contribution in [3.63, 3.8) is 0 Å². The average Bonchev–Trinajstić information content (AvgIpc) is 2.48. The van der Waals surface area contributed by atoms with Gasteiger partial charge in [-0.05, 0) is 31.5 Å². The van der Waals surface area contributed by atoms with Crippen LogP contribution in [0.25, 0.3) is 0 Å².